The molecule has 1 aromatic carbocycles. The number of carbonyl (C=O) groups is 1. The molecule has 0 spiro atoms. The molecule has 1 aromatic heterocycles. The molecule has 0 radical (unpaired) electrons. The maximum absolute atomic E-state index is 14.1. The van der Waals surface area contributed by atoms with Crippen LogP contribution in [0.3, 0.4) is 0 Å². The monoisotopic (exact) mass is 516 g/mol. The number of benzene rings is 1. The van der Waals surface area contributed by atoms with Gasteiger partial charge in [0.25, 0.3) is 5.56 Å². The third-order valence-electron chi connectivity index (χ3n) is 11.1. The van der Waals surface area contributed by atoms with Crippen LogP contribution in [0.2, 0.25) is 0 Å². The van der Waals surface area contributed by atoms with E-state index in [1.807, 2.05) is 23.1 Å². The Hall–Kier alpha value is -2.21. The van der Waals surface area contributed by atoms with E-state index in [9.17, 15) is 9.59 Å². The van der Waals surface area contributed by atoms with Crippen LogP contribution in [-0.2, 0) is 4.79 Å². The van der Waals surface area contributed by atoms with Gasteiger partial charge in [-0.1, -0.05) is 31.9 Å². The first kappa shape index (κ1) is 24.8. The average Bonchev–Trinajstić information content (AvgIpc) is 2.87. The normalized spacial score (nSPS) is 37.2. The number of piperidine rings is 2. The lowest BCUT2D eigenvalue weighted by atomic mass is 9.64. The third-order valence-corrected chi connectivity index (χ3v) is 11.1. The van der Waals surface area contributed by atoms with Crippen molar-refractivity contribution in [1.29, 1.82) is 0 Å². The van der Waals surface area contributed by atoms with Gasteiger partial charge in [0, 0.05) is 30.7 Å². The standard InChI is InChI=1S/C32H44N4O2/c1-3-21-13-22-15-23(14-21)17-26(16-22)35-24-7-6-8-25(35)19-27(18-24)36-30-10-5-4-9-28(30)33-31(32(36)38)34-12-11-29(34)20(2)37/h4-5,9-10,21-27,29H,3,6-8,11-19H2,1-2H3. The molecule has 4 bridgehead atoms. The largest absolute Gasteiger partial charge is 0.342 e. The van der Waals surface area contributed by atoms with Crippen LogP contribution in [0.4, 0.5) is 5.82 Å². The minimum absolute atomic E-state index is 0.00368. The Morgan fingerprint density at radius 1 is 0.895 bits per heavy atom. The summed E-state index contributed by atoms with van der Waals surface area (Å²) in [6.07, 6.45) is 15.3. The number of para-hydroxylation sites is 2. The van der Waals surface area contributed by atoms with E-state index >= 15 is 0 Å². The highest BCUT2D eigenvalue weighted by atomic mass is 16.1. The summed E-state index contributed by atoms with van der Waals surface area (Å²) < 4.78 is 2.09. The van der Waals surface area contributed by atoms with Gasteiger partial charge < -0.3 is 9.47 Å². The van der Waals surface area contributed by atoms with Crippen LogP contribution >= 0.6 is 0 Å². The molecule has 2 saturated carbocycles. The van der Waals surface area contributed by atoms with Crippen molar-refractivity contribution in [2.24, 2.45) is 17.8 Å². The summed E-state index contributed by atoms with van der Waals surface area (Å²) in [5, 5.41) is 0. The van der Waals surface area contributed by atoms with E-state index in [0.29, 0.717) is 17.9 Å². The van der Waals surface area contributed by atoms with E-state index in [1.54, 1.807) is 6.92 Å². The first-order valence-electron chi connectivity index (χ1n) is 15.6. The van der Waals surface area contributed by atoms with Crippen LogP contribution in [0.15, 0.2) is 29.1 Å². The quantitative estimate of drug-likeness (QED) is 0.508. The van der Waals surface area contributed by atoms with Crippen LogP contribution in [0.5, 0.6) is 0 Å². The molecule has 3 saturated heterocycles. The van der Waals surface area contributed by atoms with Crippen LogP contribution in [0.25, 0.3) is 11.0 Å². The SMILES string of the molecule is CCC1CC2CC(C1)CC(N1C3CCCC1CC(n1c(=O)c(N4CCC4C(C)=O)nc4ccccc41)C3)C2. The van der Waals surface area contributed by atoms with E-state index in [2.05, 4.69) is 22.5 Å². The van der Waals surface area contributed by atoms with Crippen molar-refractivity contribution in [3.8, 4) is 0 Å². The number of ketones is 1. The summed E-state index contributed by atoms with van der Waals surface area (Å²) in [6.45, 7) is 4.75. The van der Waals surface area contributed by atoms with Crippen molar-refractivity contribution in [3.63, 3.8) is 0 Å². The topological polar surface area (TPSA) is 58.4 Å². The molecule has 4 heterocycles. The number of anilines is 1. The molecule has 38 heavy (non-hydrogen) atoms. The minimum Gasteiger partial charge on any atom is -0.342 e. The van der Waals surface area contributed by atoms with Gasteiger partial charge in [0.05, 0.1) is 17.1 Å². The summed E-state index contributed by atoms with van der Waals surface area (Å²) in [6, 6.07) is 10.0. The Bertz CT molecular complexity index is 1240. The molecule has 3 aliphatic heterocycles. The number of aromatic nitrogens is 2. The van der Waals surface area contributed by atoms with Gasteiger partial charge in [-0.05, 0) is 101 Å². The Balaban J connectivity index is 1.20. The molecule has 0 amide bonds. The zero-order valence-corrected chi connectivity index (χ0v) is 23.2. The van der Waals surface area contributed by atoms with Crippen LogP contribution in [0, 0.1) is 17.8 Å². The van der Waals surface area contributed by atoms with Crippen molar-refractivity contribution < 1.29 is 4.79 Å². The van der Waals surface area contributed by atoms with E-state index in [-0.39, 0.29) is 23.4 Å². The van der Waals surface area contributed by atoms with Crippen LogP contribution in [0.1, 0.15) is 96.9 Å². The van der Waals surface area contributed by atoms with E-state index in [1.165, 1.54) is 57.8 Å². The van der Waals surface area contributed by atoms with Gasteiger partial charge in [-0.2, -0.15) is 0 Å². The summed E-state index contributed by atoms with van der Waals surface area (Å²) in [5.74, 6) is 3.42. The predicted octanol–water partition coefficient (Wildman–Crippen LogP) is 5.73. The number of hydrogen-bond donors (Lipinski definition) is 0. The second kappa shape index (κ2) is 9.76. The molecule has 7 rings (SSSR count). The third kappa shape index (κ3) is 4.13. The fourth-order valence-corrected chi connectivity index (χ4v) is 9.48. The van der Waals surface area contributed by atoms with Gasteiger partial charge in [-0.15, -0.1) is 0 Å². The Kier molecular flexibility index (Phi) is 6.37. The molecule has 204 valence electrons. The molecule has 0 N–H and O–H groups in total. The summed E-state index contributed by atoms with van der Waals surface area (Å²) >= 11 is 0. The Morgan fingerprint density at radius 3 is 2.24 bits per heavy atom. The Labute approximate surface area is 226 Å². The molecule has 2 aliphatic carbocycles. The second-order valence-corrected chi connectivity index (χ2v) is 13.4. The van der Waals surface area contributed by atoms with Crippen molar-refractivity contribution in [3.05, 3.63) is 34.6 Å². The second-order valence-electron chi connectivity index (χ2n) is 13.4. The van der Waals surface area contributed by atoms with Gasteiger partial charge in [0.1, 0.15) is 0 Å². The van der Waals surface area contributed by atoms with E-state index in [4.69, 9.17) is 4.98 Å². The van der Waals surface area contributed by atoms with Gasteiger partial charge in [0.15, 0.2) is 11.6 Å². The van der Waals surface area contributed by atoms with Gasteiger partial charge in [-0.3, -0.25) is 14.5 Å². The zero-order chi connectivity index (χ0) is 26.0. The first-order chi connectivity index (χ1) is 18.5. The van der Waals surface area contributed by atoms with E-state index < -0.39 is 0 Å². The van der Waals surface area contributed by atoms with Crippen LogP contribution in [-0.4, -0.2) is 50.9 Å². The molecular formula is C32H44N4O2. The molecule has 2 aromatic rings. The summed E-state index contributed by atoms with van der Waals surface area (Å²) in [7, 11) is 0. The van der Waals surface area contributed by atoms with Gasteiger partial charge in [-0.25, -0.2) is 4.98 Å². The first-order valence-corrected chi connectivity index (χ1v) is 15.6. The molecule has 6 nitrogen and oxygen atoms in total. The number of fused-ring (bicyclic) bond motifs is 5. The van der Waals surface area contributed by atoms with Gasteiger partial charge >= 0.3 is 0 Å². The maximum Gasteiger partial charge on any atom is 0.294 e. The van der Waals surface area contributed by atoms with Crippen molar-refractivity contribution in [2.45, 2.75) is 121 Å². The van der Waals surface area contributed by atoms with E-state index in [0.717, 1.165) is 60.6 Å². The predicted molar refractivity (Wildman–Crippen MR) is 152 cm³/mol. The summed E-state index contributed by atoms with van der Waals surface area (Å²) in [4.78, 5) is 36.1. The fourth-order valence-electron chi connectivity index (χ4n) is 9.48. The lowest BCUT2D eigenvalue weighted by molar-refractivity contribution is -0.119. The number of carbonyl (C=O) groups excluding carboxylic acids is 1. The van der Waals surface area contributed by atoms with Gasteiger partial charge in [0.2, 0.25) is 0 Å². The zero-order valence-electron chi connectivity index (χ0n) is 23.2. The van der Waals surface area contributed by atoms with Crippen molar-refractivity contribution in [1.82, 2.24) is 14.5 Å². The Morgan fingerprint density at radius 2 is 1.61 bits per heavy atom. The highest BCUT2D eigenvalue weighted by molar-refractivity contribution is 5.87. The maximum atomic E-state index is 14.1. The molecular weight excluding hydrogens is 472 g/mol. The van der Waals surface area contributed by atoms with Crippen molar-refractivity contribution >= 4 is 22.6 Å². The minimum atomic E-state index is -0.205. The number of hydrogen-bond acceptors (Lipinski definition) is 5. The highest BCUT2D eigenvalue weighted by Gasteiger charge is 2.46. The lowest BCUT2D eigenvalue weighted by Crippen LogP contribution is -2.59. The van der Waals surface area contributed by atoms with Crippen LogP contribution < -0.4 is 10.5 Å². The number of nitrogens with zero attached hydrogens (tertiary/aromatic N) is 4. The fraction of sp³-hybridized carbons (Fsp3) is 0.719. The molecule has 5 aliphatic rings. The molecule has 6 heteroatoms. The molecule has 5 unspecified atom stereocenters. The van der Waals surface area contributed by atoms with Crippen molar-refractivity contribution in [2.75, 3.05) is 11.4 Å². The number of Topliss-reactive ketones (excluding diaryl/α,β-unsaturated/α-hetero) is 1. The highest BCUT2D eigenvalue weighted by Crippen LogP contribution is 2.49. The molecule has 5 atom stereocenters. The summed E-state index contributed by atoms with van der Waals surface area (Å²) in [5.41, 5.74) is 1.83. The smallest absolute Gasteiger partial charge is 0.294 e. The lowest BCUT2D eigenvalue weighted by Gasteiger charge is -2.56. The average molecular weight is 517 g/mol. The number of rotatable bonds is 5. The molecule has 5 fully saturated rings.